The normalized spacial score (nSPS) is 9.89. The molecule has 1 amide bonds. The number of carbonyl (C=O) groups excluding carboxylic acids is 1. The second kappa shape index (κ2) is 6.58. The Kier molecular flexibility index (Phi) is 5.10. The quantitative estimate of drug-likeness (QED) is 0.597. The number of hydrogen-bond donors (Lipinski definition) is 2. The van der Waals surface area contributed by atoms with Crippen molar-refractivity contribution in [3.63, 3.8) is 0 Å². The second-order valence-electron chi connectivity index (χ2n) is 3.93. The van der Waals surface area contributed by atoms with Crippen LogP contribution >= 0.6 is 0 Å². The zero-order valence-electron chi connectivity index (χ0n) is 10.5. The molecule has 18 heavy (non-hydrogen) atoms. The first-order valence-corrected chi connectivity index (χ1v) is 5.80. The van der Waals surface area contributed by atoms with Gasteiger partial charge in [0, 0.05) is 12.1 Å². The maximum Gasteiger partial charge on any atom is 0.295 e. The molecule has 0 heterocycles. The number of nitro benzene ring substituents is 1. The Morgan fingerprint density at radius 1 is 1.44 bits per heavy atom. The van der Waals surface area contributed by atoms with Crippen LogP contribution in [0.2, 0.25) is 0 Å². The highest BCUT2D eigenvalue weighted by atomic mass is 16.6. The SMILES string of the molecule is CCCNC(=O)CNc1cccc(C)c1[N+](=O)[O-]. The van der Waals surface area contributed by atoms with Crippen LogP contribution in [0.4, 0.5) is 11.4 Å². The largest absolute Gasteiger partial charge is 0.371 e. The van der Waals surface area contributed by atoms with Gasteiger partial charge in [0.25, 0.3) is 5.69 Å². The fourth-order valence-corrected chi connectivity index (χ4v) is 1.55. The van der Waals surface area contributed by atoms with E-state index in [0.29, 0.717) is 17.8 Å². The first-order chi connectivity index (χ1) is 8.56. The molecule has 0 atom stereocenters. The van der Waals surface area contributed by atoms with Gasteiger partial charge in [-0.3, -0.25) is 14.9 Å². The predicted molar refractivity (Wildman–Crippen MR) is 69.6 cm³/mol. The summed E-state index contributed by atoms with van der Waals surface area (Å²) in [5.74, 6) is -0.173. The van der Waals surface area contributed by atoms with Crippen LogP contribution in [0.15, 0.2) is 18.2 Å². The maximum atomic E-state index is 11.4. The van der Waals surface area contributed by atoms with Crippen LogP contribution in [-0.2, 0) is 4.79 Å². The van der Waals surface area contributed by atoms with Crippen molar-refractivity contribution in [3.8, 4) is 0 Å². The first kappa shape index (κ1) is 14.0. The molecule has 0 saturated carbocycles. The lowest BCUT2D eigenvalue weighted by Crippen LogP contribution is -2.30. The number of benzene rings is 1. The van der Waals surface area contributed by atoms with E-state index in [1.807, 2.05) is 6.92 Å². The minimum Gasteiger partial charge on any atom is -0.371 e. The van der Waals surface area contributed by atoms with Gasteiger partial charge in [0.1, 0.15) is 5.69 Å². The molecular formula is C12H17N3O3. The Bertz CT molecular complexity index is 446. The number of hydrogen-bond acceptors (Lipinski definition) is 4. The van der Waals surface area contributed by atoms with Gasteiger partial charge in [-0.2, -0.15) is 0 Å². The van der Waals surface area contributed by atoms with Gasteiger partial charge in [0.2, 0.25) is 5.91 Å². The van der Waals surface area contributed by atoms with E-state index in [1.54, 1.807) is 25.1 Å². The molecule has 0 saturated heterocycles. The standard InChI is InChI=1S/C12H17N3O3/c1-3-7-13-11(16)8-14-10-6-4-5-9(2)12(10)15(17)18/h4-6,14H,3,7-8H2,1-2H3,(H,13,16). The van der Waals surface area contributed by atoms with Crippen LogP contribution in [-0.4, -0.2) is 23.9 Å². The lowest BCUT2D eigenvalue weighted by atomic mass is 10.1. The average Bonchev–Trinajstić information content (AvgIpc) is 2.33. The number of aryl methyl sites for hydroxylation is 1. The summed E-state index contributed by atoms with van der Waals surface area (Å²) in [5.41, 5.74) is 0.950. The van der Waals surface area contributed by atoms with Crippen molar-refractivity contribution in [1.29, 1.82) is 0 Å². The van der Waals surface area contributed by atoms with Crippen LogP contribution in [0.3, 0.4) is 0 Å². The number of nitrogens with zero attached hydrogens (tertiary/aromatic N) is 1. The minimum atomic E-state index is -0.443. The van der Waals surface area contributed by atoms with Crippen molar-refractivity contribution in [2.45, 2.75) is 20.3 Å². The van der Waals surface area contributed by atoms with Crippen LogP contribution in [0.25, 0.3) is 0 Å². The molecule has 6 nitrogen and oxygen atoms in total. The molecule has 0 unspecified atom stereocenters. The lowest BCUT2D eigenvalue weighted by Gasteiger charge is -2.08. The average molecular weight is 251 g/mol. The highest BCUT2D eigenvalue weighted by molar-refractivity contribution is 5.81. The molecule has 6 heteroatoms. The summed E-state index contributed by atoms with van der Waals surface area (Å²) in [5, 5.41) is 16.4. The van der Waals surface area contributed by atoms with E-state index in [-0.39, 0.29) is 18.1 Å². The molecule has 0 aliphatic carbocycles. The third-order valence-corrected chi connectivity index (χ3v) is 2.43. The Morgan fingerprint density at radius 2 is 2.17 bits per heavy atom. The van der Waals surface area contributed by atoms with Gasteiger partial charge in [-0.15, -0.1) is 0 Å². The van der Waals surface area contributed by atoms with E-state index >= 15 is 0 Å². The molecule has 0 radical (unpaired) electrons. The zero-order valence-corrected chi connectivity index (χ0v) is 10.5. The molecule has 1 rings (SSSR count). The Morgan fingerprint density at radius 3 is 2.78 bits per heavy atom. The Labute approximate surface area is 106 Å². The molecule has 0 bridgehead atoms. The third-order valence-electron chi connectivity index (χ3n) is 2.43. The van der Waals surface area contributed by atoms with Crippen molar-refractivity contribution < 1.29 is 9.72 Å². The number of rotatable bonds is 6. The molecule has 1 aromatic rings. The van der Waals surface area contributed by atoms with E-state index < -0.39 is 4.92 Å². The fourth-order valence-electron chi connectivity index (χ4n) is 1.55. The van der Waals surface area contributed by atoms with Crippen LogP contribution in [0, 0.1) is 17.0 Å². The summed E-state index contributed by atoms with van der Waals surface area (Å²) < 4.78 is 0. The first-order valence-electron chi connectivity index (χ1n) is 5.80. The van der Waals surface area contributed by atoms with Crippen molar-refractivity contribution >= 4 is 17.3 Å². The van der Waals surface area contributed by atoms with Crippen LogP contribution in [0.5, 0.6) is 0 Å². The van der Waals surface area contributed by atoms with Gasteiger partial charge in [-0.25, -0.2) is 0 Å². The molecule has 98 valence electrons. The number of nitro groups is 1. The van der Waals surface area contributed by atoms with Crippen molar-refractivity contribution in [2.24, 2.45) is 0 Å². The van der Waals surface area contributed by atoms with E-state index in [2.05, 4.69) is 10.6 Å². The monoisotopic (exact) mass is 251 g/mol. The summed E-state index contributed by atoms with van der Waals surface area (Å²) in [4.78, 5) is 21.9. The predicted octanol–water partition coefficient (Wildman–Crippen LogP) is 1.84. The summed E-state index contributed by atoms with van der Waals surface area (Å²) in [6.45, 7) is 4.26. The molecule has 0 aromatic heterocycles. The molecule has 0 spiro atoms. The Balaban J connectivity index is 2.70. The van der Waals surface area contributed by atoms with Gasteiger partial charge >= 0.3 is 0 Å². The molecule has 0 fully saturated rings. The fraction of sp³-hybridized carbons (Fsp3) is 0.417. The topological polar surface area (TPSA) is 84.3 Å². The smallest absolute Gasteiger partial charge is 0.295 e. The lowest BCUT2D eigenvalue weighted by molar-refractivity contribution is -0.384. The second-order valence-corrected chi connectivity index (χ2v) is 3.93. The molecule has 0 aliphatic heterocycles. The van der Waals surface area contributed by atoms with Gasteiger partial charge < -0.3 is 10.6 Å². The summed E-state index contributed by atoms with van der Waals surface area (Å²) in [6, 6.07) is 4.98. The highest BCUT2D eigenvalue weighted by Gasteiger charge is 2.16. The minimum absolute atomic E-state index is 0.0146. The number of nitrogens with one attached hydrogen (secondary N) is 2. The van der Waals surface area contributed by atoms with E-state index in [1.165, 1.54) is 0 Å². The zero-order chi connectivity index (χ0) is 13.5. The third kappa shape index (κ3) is 3.73. The summed E-state index contributed by atoms with van der Waals surface area (Å²) >= 11 is 0. The van der Waals surface area contributed by atoms with Gasteiger partial charge in [-0.05, 0) is 19.4 Å². The number of amides is 1. The van der Waals surface area contributed by atoms with Gasteiger partial charge in [0.05, 0.1) is 11.5 Å². The Hall–Kier alpha value is -2.11. The highest BCUT2D eigenvalue weighted by Crippen LogP contribution is 2.27. The van der Waals surface area contributed by atoms with Crippen molar-refractivity contribution in [3.05, 3.63) is 33.9 Å². The van der Waals surface area contributed by atoms with E-state index in [0.717, 1.165) is 6.42 Å². The van der Waals surface area contributed by atoms with Gasteiger partial charge in [0.15, 0.2) is 0 Å². The number of anilines is 1. The maximum absolute atomic E-state index is 11.4. The summed E-state index contributed by atoms with van der Waals surface area (Å²) in [7, 11) is 0. The number of carbonyl (C=O) groups is 1. The number of para-hydroxylation sites is 1. The van der Waals surface area contributed by atoms with Crippen LogP contribution < -0.4 is 10.6 Å². The molecule has 2 N–H and O–H groups in total. The van der Waals surface area contributed by atoms with Crippen molar-refractivity contribution in [1.82, 2.24) is 5.32 Å². The summed E-state index contributed by atoms with van der Waals surface area (Å²) in [6.07, 6.45) is 0.857. The van der Waals surface area contributed by atoms with Crippen LogP contribution in [0.1, 0.15) is 18.9 Å². The van der Waals surface area contributed by atoms with E-state index in [9.17, 15) is 14.9 Å². The molecule has 1 aromatic carbocycles. The van der Waals surface area contributed by atoms with E-state index in [4.69, 9.17) is 0 Å². The van der Waals surface area contributed by atoms with Gasteiger partial charge in [-0.1, -0.05) is 19.1 Å². The van der Waals surface area contributed by atoms with Crippen molar-refractivity contribution in [2.75, 3.05) is 18.4 Å². The molecular weight excluding hydrogens is 234 g/mol. The molecule has 0 aliphatic rings.